The van der Waals surface area contributed by atoms with Gasteiger partial charge in [0.05, 0.1) is 13.0 Å². The van der Waals surface area contributed by atoms with Crippen LogP contribution in [0.5, 0.6) is 0 Å². The standard InChI is InChI=1S/C28H38N4O6/c1-17-10-12-20(13-11-17)24(25(35)31-23-18(2)8-7-9-19(23)3)32(14-15-33)26(36)21(16-22(29)34)30-27(37)38-28(4,5)6/h7-13,21,24,33H,14-16H2,1-6H3,(H2,29,34)(H,30,37)(H,31,35). The maximum atomic E-state index is 13.8. The number of carbonyl (C=O) groups is 4. The van der Waals surface area contributed by atoms with Crippen molar-refractivity contribution in [3.05, 3.63) is 64.7 Å². The van der Waals surface area contributed by atoms with Crippen molar-refractivity contribution in [2.45, 2.75) is 65.6 Å². The zero-order chi connectivity index (χ0) is 28.6. The lowest BCUT2D eigenvalue weighted by Crippen LogP contribution is -2.54. The molecule has 2 aromatic rings. The van der Waals surface area contributed by atoms with Crippen LogP contribution in [0.1, 0.15) is 55.5 Å². The minimum atomic E-state index is -1.42. The largest absolute Gasteiger partial charge is 0.444 e. The van der Waals surface area contributed by atoms with Gasteiger partial charge in [-0.3, -0.25) is 14.4 Å². The van der Waals surface area contributed by atoms with Crippen molar-refractivity contribution in [2.75, 3.05) is 18.5 Å². The van der Waals surface area contributed by atoms with Gasteiger partial charge in [-0.25, -0.2) is 4.79 Å². The molecule has 0 fully saturated rings. The summed E-state index contributed by atoms with van der Waals surface area (Å²) in [6.07, 6.45) is -1.45. The van der Waals surface area contributed by atoms with Gasteiger partial charge in [-0.1, -0.05) is 48.0 Å². The van der Waals surface area contributed by atoms with Gasteiger partial charge >= 0.3 is 6.09 Å². The summed E-state index contributed by atoms with van der Waals surface area (Å²) in [7, 11) is 0. The second kappa shape index (κ2) is 13.0. The third kappa shape index (κ3) is 8.58. The van der Waals surface area contributed by atoms with Gasteiger partial charge in [-0.15, -0.1) is 0 Å². The van der Waals surface area contributed by atoms with Crippen LogP contribution in [0.3, 0.4) is 0 Å². The van der Waals surface area contributed by atoms with Crippen molar-refractivity contribution in [3.63, 3.8) is 0 Å². The maximum absolute atomic E-state index is 13.8. The van der Waals surface area contributed by atoms with E-state index in [-0.39, 0.29) is 6.54 Å². The highest BCUT2D eigenvalue weighted by Crippen LogP contribution is 2.27. The molecule has 206 valence electrons. The number of carbonyl (C=O) groups excluding carboxylic acids is 4. The third-order valence-electron chi connectivity index (χ3n) is 5.70. The van der Waals surface area contributed by atoms with Crippen LogP contribution < -0.4 is 16.4 Å². The minimum absolute atomic E-state index is 0.247. The number of benzene rings is 2. The van der Waals surface area contributed by atoms with E-state index in [1.807, 2.05) is 39.0 Å². The zero-order valence-corrected chi connectivity index (χ0v) is 22.8. The molecule has 0 aliphatic heterocycles. The molecule has 2 unspecified atom stereocenters. The molecule has 10 heteroatoms. The molecule has 0 aliphatic rings. The molecular formula is C28H38N4O6. The molecular weight excluding hydrogens is 488 g/mol. The van der Waals surface area contributed by atoms with E-state index in [1.165, 1.54) is 0 Å². The number of anilines is 1. The van der Waals surface area contributed by atoms with Gasteiger partial charge in [0.2, 0.25) is 11.8 Å². The fourth-order valence-electron chi connectivity index (χ4n) is 3.95. The number of amides is 4. The molecule has 0 aliphatic carbocycles. The highest BCUT2D eigenvalue weighted by molar-refractivity contribution is 6.00. The number of para-hydroxylation sites is 1. The number of primary amides is 1. The van der Waals surface area contributed by atoms with E-state index >= 15 is 0 Å². The number of hydrogen-bond donors (Lipinski definition) is 4. The van der Waals surface area contributed by atoms with Gasteiger partial charge < -0.3 is 31.1 Å². The molecule has 0 bridgehead atoms. The monoisotopic (exact) mass is 526 g/mol. The summed E-state index contributed by atoms with van der Waals surface area (Å²) < 4.78 is 5.25. The van der Waals surface area contributed by atoms with E-state index in [0.717, 1.165) is 21.6 Å². The Morgan fingerprint density at radius 3 is 2.08 bits per heavy atom. The van der Waals surface area contributed by atoms with E-state index in [2.05, 4.69) is 10.6 Å². The summed E-state index contributed by atoms with van der Waals surface area (Å²) in [6, 6.07) is 10.0. The van der Waals surface area contributed by atoms with Crippen molar-refractivity contribution < 1.29 is 29.0 Å². The number of aliphatic hydroxyl groups is 1. The van der Waals surface area contributed by atoms with Crippen LogP contribution in [-0.4, -0.2) is 58.6 Å². The first-order valence-electron chi connectivity index (χ1n) is 12.4. The lowest BCUT2D eigenvalue weighted by Gasteiger charge is -2.34. The zero-order valence-electron chi connectivity index (χ0n) is 22.8. The van der Waals surface area contributed by atoms with Crippen molar-refractivity contribution in [3.8, 4) is 0 Å². The van der Waals surface area contributed by atoms with Crippen LogP contribution in [0.25, 0.3) is 0 Å². The molecule has 0 radical (unpaired) electrons. The molecule has 2 rings (SSSR count). The average Bonchev–Trinajstić information content (AvgIpc) is 2.80. The Morgan fingerprint density at radius 1 is 1.00 bits per heavy atom. The summed E-state index contributed by atoms with van der Waals surface area (Å²) in [5.41, 5.74) is 8.22. The Kier molecular flexibility index (Phi) is 10.4. The second-order valence-electron chi connectivity index (χ2n) is 10.2. The molecule has 0 saturated carbocycles. The van der Waals surface area contributed by atoms with Crippen LogP contribution in [0.4, 0.5) is 10.5 Å². The maximum Gasteiger partial charge on any atom is 0.408 e. The van der Waals surface area contributed by atoms with E-state index in [4.69, 9.17) is 10.5 Å². The minimum Gasteiger partial charge on any atom is -0.444 e. The predicted octanol–water partition coefficient (Wildman–Crippen LogP) is 2.88. The molecule has 2 aromatic carbocycles. The molecule has 0 aromatic heterocycles. The highest BCUT2D eigenvalue weighted by atomic mass is 16.6. The summed E-state index contributed by atoms with van der Waals surface area (Å²) in [5, 5.41) is 15.2. The second-order valence-corrected chi connectivity index (χ2v) is 10.2. The molecule has 10 nitrogen and oxygen atoms in total. The third-order valence-corrected chi connectivity index (χ3v) is 5.70. The van der Waals surface area contributed by atoms with E-state index in [9.17, 15) is 24.3 Å². The van der Waals surface area contributed by atoms with Crippen LogP contribution in [0, 0.1) is 20.8 Å². The summed E-state index contributed by atoms with van der Waals surface area (Å²) in [4.78, 5) is 53.0. The molecule has 0 saturated heterocycles. The summed E-state index contributed by atoms with van der Waals surface area (Å²) in [5.74, 6) is -2.13. The van der Waals surface area contributed by atoms with Gasteiger partial charge in [0.25, 0.3) is 5.91 Å². The number of ether oxygens (including phenoxy) is 1. The number of alkyl carbamates (subject to hydrolysis) is 1. The van der Waals surface area contributed by atoms with Crippen molar-refractivity contribution >= 4 is 29.5 Å². The van der Waals surface area contributed by atoms with E-state index in [0.29, 0.717) is 11.3 Å². The highest BCUT2D eigenvalue weighted by Gasteiger charge is 2.37. The Labute approximate surface area is 223 Å². The molecule has 4 amide bonds. The lowest BCUT2D eigenvalue weighted by molar-refractivity contribution is -0.142. The first-order chi connectivity index (χ1) is 17.7. The normalized spacial score (nSPS) is 12.7. The molecule has 0 heterocycles. The number of nitrogens with one attached hydrogen (secondary N) is 2. The molecule has 5 N–H and O–H groups in total. The summed E-state index contributed by atoms with van der Waals surface area (Å²) >= 11 is 0. The van der Waals surface area contributed by atoms with Crippen LogP contribution in [0.15, 0.2) is 42.5 Å². The average molecular weight is 527 g/mol. The lowest BCUT2D eigenvalue weighted by atomic mass is 10.00. The SMILES string of the molecule is Cc1ccc(C(C(=O)Nc2c(C)cccc2C)N(CCO)C(=O)C(CC(N)=O)NC(=O)OC(C)(C)C)cc1. The van der Waals surface area contributed by atoms with Crippen LogP contribution in [-0.2, 0) is 19.1 Å². The Morgan fingerprint density at radius 2 is 1.58 bits per heavy atom. The van der Waals surface area contributed by atoms with Crippen LogP contribution in [0.2, 0.25) is 0 Å². The number of hydrogen-bond acceptors (Lipinski definition) is 6. The first-order valence-corrected chi connectivity index (χ1v) is 12.4. The fraction of sp³-hybridized carbons (Fsp3) is 0.429. The van der Waals surface area contributed by atoms with Gasteiger partial charge in [-0.2, -0.15) is 0 Å². The fourth-order valence-corrected chi connectivity index (χ4v) is 3.95. The van der Waals surface area contributed by atoms with E-state index in [1.54, 1.807) is 45.0 Å². The molecule has 0 spiro atoms. The number of rotatable bonds is 10. The van der Waals surface area contributed by atoms with Gasteiger partial charge in [0.15, 0.2) is 0 Å². The van der Waals surface area contributed by atoms with Gasteiger partial charge in [-0.05, 0) is 58.2 Å². The first kappa shape index (κ1) is 30.3. The van der Waals surface area contributed by atoms with Crippen LogP contribution >= 0.6 is 0 Å². The number of nitrogens with two attached hydrogens (primary N) is 1. The van der Waals surface area contributed by atoms with Crippen molar-refractivity contribution in [2.24, 2.45) is 5.73 Å². The Hall–Kier alpha value is -3.92. The number of aryl methyl sites for hydroxylation is 3. The quantitative estimate of drug-likeness (QED) is 0.374. The summed E-state index contributed by atoms with van der Waals surface area (Å²) in [6.45, 7) is 9.84. The van der Waals surface area contributed by atoms with Gasteiger partial charge in [0.1, 0.15) is 17.7 Å². The van der Waals surface area contributed by atoms with Crippen molar-refractivity contribution in [1.29, 1.82) is 0 Å². The van der Waals surface area contributed by atoms with E-state index < -0.39 is 54.5 Å². The van der Waals surface area contributed by atoms with Crippen molar-refractivity contribution in [1.82, 2.24) is 10.2 Å². The Bertz CT molecular complexity index is 1140. The topological polar surface area (TPSA) is 151 Å². The number of nitrogens with zero attached hydrogens (tertiary/aromatic N) is 1. The molecule has 38 heavy (non-hydrogen) atoms. The number of aliphatic hydroxyl groups excluding tert-OH is 1. The molecule has 2 atom stereocenters. The Balaban J connectivity index is 2.53. The predicted molar refractivity (Wildman–Crippen MR) is 144 cm³/mol. The van der Waals surface area contributed by atoms with Gasteiger partial charge in [0, 0.05) is 12.2 Å². The smallest absolute Gasteiger partial charge is 0.408 e.